The molecule has 0 unspecified atom stereocenters. The van der Waals surface area contributed by atoms with Gasteiger partial charge in [-0.1, -0.05) is 20.8 Å². The van der Waals surface area contributed by atoms with E-state index in [1.165, 1.54) is 0 Å². The van der Waals surface area contributed by atoms with Crippen LogP contribution in [0.25, 0.3) is 0 Å². The average molecular weight is 349 g/mol. The van der Waals surface area contributed by atoms with Crippen LogP contribution in [0.15, 0.2) is 0 Å². The van der Waals surface area contributed by atoms with Gasteiger partial charge in [-0.2, -0.15) is 0 Å². The molecule has 0 aromatic rings. The van der Waals surface area contributed by atoms with Crippen molar-refractivity contribution in [3.8, 4) is 0 Å². The third kappa shape index (κ3) is 19.3. The van der Waals surface area contributed by atoms with Crippen LogP contribution in [-0.4, -0.2) is 78.5 Å². The molecule has 0 heterocycles. The zero-order chi connectivity index (χ0) is 17.9. The normalized spacial score (nSPS) is 11.2. The highest BCUT2D eigenvalue weighted by Gasteiger charge is 2.00. The summed E-state index contributed by atoms with van der Waals surface area (Å²) < 4.78 is 26.5. The van der Waals surface area contributed by atoms with E-state index in [-0.39, 0.29) is 12.5 Å². The summed E-state index contributed by atoms with van der Waals surface area (Å²) in [5.74, 6) is 0.382. The molecule has 0 fully saturated rings. The summed E-state index contributed by atoms with van der Waals surface area (Å²) in [4.78, 5) is 11.5. The average Bonchev–Trinajstić information content (AvgIpc) is 2.55. The minimum Gasteiger partial charge on any atom is -0.379 e. The molecular formula is C17H35NO6. The van der Waals surface area contributed by atoms with E-state index in [0.29, 0.717) is 58.7 Å². The maximum absolute atomic E-state index is 11.5. The Balaban J connectivity index is 3.16. The highest BCUT2D eigenvalue weighted by atomic mass is 16.5. The van der Waals surface area contributed by atoms with Gasteiger partial charge in [-0.15, -0.1) is 0 Å². The molecule has 0 bridgehead atoms. The zero-order valence-electron chi connectivity index (χ0n) is 15.5. The first-order valence-corrected chi connectivity index (χ1v) is 8.82. The van der Waals surface area contributed by atoms with Crippen LogP contribution in [0.4, 0.5) is 0 Å². The molecule has 1 amide bonds. The highest BCUT2D eigenvalue weighted by molar-refractivity contribution is 5.77. The van der Waals surface area contributed by atoms with Gasteiger partial charge in [-0.3, -0.25) is 4.79 Å². The van der Waals surface area contributed by atoms with Crippen LogP contribution in [0, 0.1) is 5.92 Å². The lowest BCUT2D eigenvalue weighted by molar-refractivity contribution is -0.126. The predicted octanol–water partition coefficient (Wildman–Crippen LogP) is 1.25. The Bertz CT molecular complexity index is 276. The van der Waals surface area contributed by atoms with Crippen LogP contribution in [-0.2, 0) is 28.5 Å². The Morgan fingerprint density at radius 1 is 0.792 bits per heavy atom. The largest absolute Gasteiger partial charge is 0.379 e. The maximum atomic E-state index is 11.5. The Morgan fingerprint density at radius 2 is 1.33 bits per heavy atom. The topological polar surface area (TPSA) is 75.3 Å². The van der Waals surface area contributed by atoms with Crippen LogP contribution in [0.1, 0.15) is 27.2 Å². The molecule has 0 radical (unpaired) electrons. The van der Waals surface area contributed by atoms with Crippen molar-refractivity contribution in [2.24, 2.45) is 5.92 Å². The van der Waals surface area contributed by atoms with E-state index in [4.69, 9.17) is 23.7 Å². The Hall–Kier alpha value is -0.730. The fourth-order valence-electron chi connectivity index (χ4n) is 1.60. The van der Waals surface area contributed by atoms with E-state index in [1.807, 2.05) is 0 Å². The molecule has 1 N–H and O–H groups in total. The second-order valence-electron chi connectivity index (χ2n) is 5.71. The molecule has 7 heteroatoms. The van der Waals surface area contributed by atoms with Gasteiger partial charge < -0.3 is 29.0 Å². The summed E-state index contributed by atoms with van der Waals surface area (Å²) in [5.41, 5.74) is 0. The van der Waals surface area contributed by atoms with Crippen molar-refractivity contribution in [1.82, 2.24) is 5.32 Å². The molecule has 0 aliphatic rings. The zero-order valence-corrected chi connectivity index (χ0v) is 15.5. The van der Waals surface area contributed by atoms with Crippen LogP contribution < -0.4 is 5.32 Å². The monoisotopic (exact) mass is 349 g/mol. The second-order valence-corrected chi connectivity index (χ2v) is 5.71. The van der Waals surface area contributed by atoms with Gasteiger partial charge in [0.15, 0.2) is 0 Å². The van der Waals surface area contributed by atoms with Crippen molar-refractivity contribution in [3.05, 3.63) is 0 Å². The number of ether oxygens (including phenoxy) is 5. The third-order valence-corrected chi connectivity index (χ3v) is 2.72. The summed E-state index contributed by atoms with van der Waals surface area (Å²) in [6.07, 6.45) is 1.01. The van der Waals surface area contributed by atoms with E-state index in [9.17, 15) is 4.79 Å². The molecule has 0 spiro atoms. The molecule has 24 heavy (non-hydrogen) atoms. The van der Waals surface area contributed by atoms with Crippen molar-refractivity contribution in [2.75, 3.05) is 72.6 Å². The maximum Gasteiger partial charge on any atom is 0.246 e. The number of nitrogens with one attached hydrogen (secondary N) is 1. The molecule has 0 aliphatic carbocycles. The molecule has 0 aliphatic heterocycles. The second kappa shape index (κ2) is 18.6. The van der Waals surface area contributed by atoms with Gasteiger partial charge in [-0.05, 0) is 12.3 Å². The first kappa shape index (κ1) is 23.3. The van der Waals surface area contributed by atoms with Crippen LogP contribution >= 0.6 is 0 Å². The number of hydrogen-bond donors (Lipinski definition) is 1. The van der Waals surface area contributed by atoms with Crippen LogP contribution in [0.2, 0.25) is 0 Å². The molecule has 0 saturated heterocycles. The summed E-state index contributed by atoms with van der Waals surface area (Å²) in [6, 6.07) is 0. The van der Waals surface area contributed by atoms with E-state index < -0.39 is 0 Å². The van der Waals surface area contributed by atoms with Gasteiger partial charge in [0.1, 0.15) is 6.61 Å². The Morgan fingerprint density at radius 3 is 1.96 bits per heavy atom. The van der Waals surface area contributed by atoms with Crippen LogP contribution in [0.3, 0.4) is 0 Å². The van der Waals surface area contributed by atoms with E-state index >= 15 is 0 Å². The minimum absolute atomic E-state index is 0.0345. The standard InChI is InChI=1S/C17H35NO6/c1-4-6-20-8-9-21-7-5-18-17(19)15-24-13-11-22-10-12-23-14-16(2)3/h16H,4-15H2,1-3H3,(H,18,19). The van der Waals surface area contributed by atoms with Gasteiger partial charge >= 0.3 is 0 Å². The molecule has 144 valence electrons. The number of hydrogen-bond acceptors (Lipinski definition) is 6. The SMILES string of the molecule is CCCOCCOCCNC(=O)COCCOCCOCC(C)C. The number of carbonyl (C=O) groups excluding carboxylic acids is 1. The molecule has 7 nitrogen and oxygen atoms in total. The number of carbonyl (C=O) groups is 1. The number of amides is 1. The van der Waals surface area contributed by atoms with Crippen molar-refractivity contribution in [2.45, 2.75) is 27.2 Å². The fourth-order valence-corrected chi connectivity index (χ4v) is 1.60. The highest BCUT2D eigenvalue weighted by Crippen LogP contribution is 1.91. The Labute approximate surface area is 146 Å². The lowest BCUT2D eigenvalue weighted by Crippen LogP contribution is -2.31. The van der Waals surface area contributed by atoms with E-state index in [2.05, 4.69) is 26.1 Å². The summed E-state index contributed by atoms with van der Waals surface area (Å²) >= 11 is 0. The summed E-state index contributed by atoms with van der Waals surface area (Å²) in [5, 5.41) is 2.72. The van der Waals surface area contributed by atoms with Crippen molar-refractivity contribution in [1.29, 1.82) is 0 Å². The first-order chi connectivity index (χ1) is 11.7. The summed E-state index contributed by atoms with van der Waals surface area (Å²) in [6.45, 7) is 11.9. The lowest BCUT2D eigenvalue weighted by Gasteiger charge is -2.09. The van der Waals surface area contributed by atoms with Gasteiger partial charge in [0.25, 0.3) is 0 Å². The summed E-state index contributed by atoms with van der Waals surface area (Å²) in [7, 11) is 0. The minimum atomic E-state index is -0.152. The number of rotatable bonds is 18. The van der Waals surface area contributed by atoms with Crippen molar-refractivity contribution < 1.29 is 28.5 Å². The van der Waals surface area contributed by atoms with E-state index in [0.717, 1.165) is 19.6 Å². The Kier molecular flexibility index (Phi) is 18.0. The fraction of sp³-hybridized carbons (Fsp3) is 0.941. The lowest BCUT2D eigenvalue weighted by atomic mass is 10.2. The molecule has 0 aromatic heterocycles. The van der Waals surface area contributed by atoms with Crippen molar-refractivity contribution in [3.63, 3.8) is 0 Å². The first-order valence-electron chi connectivity index (χ1n) is 8.82. The van der Waals surface area contributed by atoms with Gasteiger partial charge in [0.2, 0.25) is 5.91 Å². The van der Waals surface area contributed by atoms with E-state index in [1.54, 1.807) is 0 Å². The van der Waals surface area contributed by atoms with Crippen LogP contribution in [0.5, 0.6) is 0 Å². The van der Waals surface area contributed by atoms with Gasteiger partial charge in [-0.25, -0.2) is 0 Å². The quantitative estimate of drug-likeness (QED) is 0.375. The molecule has 0 rings (SSSR count). The predicted molar refractivity (Wildman–Crippen MR) is 92.2 cm³/mol. The molecule has 0 saturated carbocycles. The molecular weight excluding hydrogens is 314 g/mol. The third-order valence-electron chi connectivity index (χ3n) is 2.72. The van der Waals surface area contributed by atoms with Gasteiger partial charge in [0, 0.05) is 19.8 Å². The van der Waals surface area contributed by atoms with Gasteiger partial charge in [0.05, 0.1) is 46.2 Å². The molecule has 0 atom stereocenters. The van der Waals surface area contributed by atoms with Crippen molar-refractivity contribution >= 4 is 5.91 Å². The smallest absolute Gasteiger partial charge is 0.246 e. The molecule has 0 aromatic carbocycles.